The fourth-order valence-corrected chi connectivity index (χ4v) is 4.28. The van der Waals surface area contributed by atoms with Crippen LogP contribution in [0.3, 0.4) is 0 Å². The summed E-state index contributed by atoms with van der Waals surface area (Å²) in [7, 11) is 0. The minimum absolute atomic E-state index is 0.00966. The maximum absolute atomic E-state index is 12.6. The van der Waals surface area contributed by atoms with E-state index >= 15 is 0 Å². The average molecular weight is 437 g/mol. The summed E-state index contributed by atoms with van der Waals surface area (Å²) < 4.78 is 5.43. The summed E-state index contributed by atoms with van der Waals surface area (Å²) in [6.45, 7) is 1.93. The van der Waals surface area contributed by atoms with E-state index in [0.717, 1.165) is 16.0 Å². The lowest BCUT2D eigenvalue weighted by molar-refractivity contribution is -0.386. The Labute approximate surface area is 182 Å². The molecule has 2 heterocycles. The van der Waals surface area contributed by atoms with E-state index in [2.05, 4.69) is 10.6 Å². The Morgan fingerprint density at radius 1 is 1.19 bits per heavy atom. The van der Waals surface area contributed by atoms with Crippen LogP contribution in [0.25, 0.3) is 11.3 Å². The van der Waals surface area contributed by atoms with Crippen LogP contribution in [-0.4, -0.2) is 22.7 Å². The number of phenolic OH excluding ortho intramolecular Hbond substituents is 1. The lowest BCUT2D eigenvalue weighted by Crippen LogP contribution is -2.42. The molecule has 0 bridgehead atoms. The number of nitro groups is 1. The monoisotopic (exact) mass is 437 g/mol. The van der Waals surface area contributed by atoms with Crippen LogP contribution in [-0.2, 0) is 0 Å². The average Bonchev–Trinajstić information content (AvgIpc) is 3.30. The molecule has 0 fully saturated rings. The van der Waals surface area contributed by atoms with Crippen molar-refractivity contribution in [3.05, 3.63) is 86.1 Å². The van der Waals surface area contributed by atoms with E-state index in [4.69, 9.17) is 4.74 Å². The number of thiophene rings is 1. The molecular formula is C22H19N3O5S. The van der Waals surface area contributed by atoms with Crippen LogP contribution in [0.2, 0.25) is 0 Å². The molecule has 9 heteroatoms. The van der Waals surface area contributed by atoms with Gasteiger partial charge in [0, 0.05) is 11.6 Å². The topological polar surface area (TPSA) is 114 Å². The predicted molar refractivity (Wildman–Crippen MR) is 118 cm³/mol. The van der Waals surface area contributed by atoms with Gasteiger partial charge in [-0.15, -0.1) is 11.3 Å². The molecule has 1 unspecified atom stereocenters. The minimum atomic E-state index is -0.702. The number of nitrogens with one attached hydrogen (secondary N) is 2. The summed E-state index contributed by atoms with van der Waals surface area (Å²) in [6, 6.07) is 14.9. The van der Waals surface area contributed by atoms with Crippen LogP contribution >= 0.6 is 11.3 Å². The molecule has 1 aliphatic heterocycles. The summed E-state index contributed by atoms with van der Waals surface area (Å²) >= 11 is 1.48. The quantitative estimate of drug-likeness (QED) is 0.383. The van der Waals surface area contributed by atoms with Gasteiger partial charge in [-0.25, -0.2) is 4.79 Å². The Bertz CT molecular complexity index is 1160. The number of nitro benzene ring substituents is 1. The van der Waals surface area contributed by atoms with Gasteiger partial charge in [-0.1, -0.05) is 36.4 Å². The van der Waals surface area contributed by atoms with Crippen molar-refractivity contribution in [2.45, 2.75) is 13.0 Å². The van der Waals surface area contributed by atoms with Crippen LogP contribution in [0.5, 0.6) is 11.5 Å². The first kappa shape index (κ1) is 20.4. The second kappa shape index (κ2) is 8.49. The molecule has 8 nitrogen and oxygen atoms in total. The van der Waals surface area contributed by atoms with Gasteiger partial charge in [0.2, 0.25) is 5.75 Å². The van der Waals surface area contributed by atoms with Crippen molar-refractivity contribution in [1.82, 2.24) is 10.6 Å². The Morgan fingerprint density at radius 3 is 2.61 bits per heavy atom. The highest BCUT2D eigenvalue weighted by molar-refractivity contribution is 7.11. The second-order valence-corrected chi connectivity index (χ2v) is 7.69. The molecule has 158 valence electrons. The normalized spacial score (nSPS) is 15.9. The number of ether oxygens (including phenoxy) is 1. The first-order valence-corrected chi connectivity index (χ1v) is 10.4. The highest BCUT2D eigenvalue weighted by atomic mass is 32.1. The number of nitrogens with zero attached hydrogens (tertiary/aromatic N) is 1. The smallest absolute Gasteiger partial charge is 0.320 e. The molecule has 0 saturated heterocycles. The molecule has 31 heavy (non-hydrogen) atoms. The molecule has 0 aliphatic carbocycles. The van der Waals surface area contributed by atoms with Gasteiger partial charge < -0.3 is 20.5 Å². The van der Waals surface area contributed by atoms with Gasteiger partial charge >= 0.3 is 11.7 Å². The van der Waals surface area contributed by atoms with Crippen LogP contribution in [0, 0.1) is 10.1 Å². The maximum atomic E-state index is 12.6. The Morgan fingerprint density at radius 2 is 1.97 bits per heavy atom. The number of hydrogen-bond donors (Lipinski definition) is 3. The second-order valence-electron chi connectivity index (χ2n) is 6.74. The third-order valence-corrected chi connectivity index (χ3v) is 5.72. The zero-order chi connectivity index (χ0) is 22.0. The van der Waals surface area contributed by atoms with E-state index in [9.17, 15) is 20.0 Å². The first-order chi connectivity index (χ1) is 15.0. The number of rotatable bonds is 6. The number of amides is 2. The largest absolute Gasteiger partial charge is 0.500 e. The Kier molecular flexibility index (Phi) is 5.59. The standard InChI is InChI=1S/C22H19N3O5S/c1-2-30-16-12-14(11-15(21(16)26)25(28)29)19-18(13-7-4-3-5-8-13)20(24-22(27)23-19)17-9-6-10-31-17/h3-12,19,26H,2H2,1H3,(H2,23,24,27). The molecule has 1 aliphatic rings. The van der Waals surface area contributed by atoms with Gasteiger partial charge in [0.05, 0.1) is 28.1 Å². The molecule has 0 radical (unpaired) electrons. The number of carbonyl (C=O) groups is 1. The van der Waals surface area contributed by atoms with Crippen molar-refractivity contribution in [3.63, 3.8) is 0 Å². The number of carbonyl (C=O) groups excluding carboxylic acids is 1. The minimum Gasteiger partial charge on any atom is -0.500 e. The maximum Gasteiger partial charge on any atom is 0.320 e. The van der Waals surface area contributed by atoms with E-state index in [1.807, 2.05) is 47.8 Å². The summed E-state index contributed by atoms with van der Waals surface area (Å²) in [4.78, 5) is 24.3. The van der Waals surface area contributed by atoms with Crippen molar-refractivity contribution in [2.75, 3.05) is 6.61 Å². The van der Waals surface area contributed by atoms with Crippen molar-refractivity contribution >= 4 is 34.3 Å². The number of benzene rings is 2. The summed E-state index contributed by atoms with van der Waals surface area (Å²) in [6.07, 6.45) is 0. The molecule has 4 rings (SSSR count). The van der Waals surface area contributed by atoms with E-state index in [-0.39, 0.29) is 12.4 Å². The van der Waals surface area contributed by atoms with Gasteiger partial charge in [-0.2, -0.15) is 0 Å². The molecule has 2 aromatic carbocycles. The van der Waals surface area contributed by atoms with Crippen molar-refractivity contribution in [2.24, 2.45) is 0 Å². The third kappa shape index (κ3) is 3.95. The SMILES string of the molecule is CCOc1cc(C2NC(=O)NC(c3cccs3)=C2c2ccccc2)cc([N+](=O)[O-])c1O. The first-order valence-electron chi connectivity index (χ1n) is 9.54. The van der Waals surface area contributed by atoms with Crippen LogP contribution in [0.1, 0.15) is 29.0 Å². The van der Waals surface area contributed by atoms with Crippen molar-refractivity contribution in [3.8, 4) is 11.5 Å². The van der Waals surface area contributed by atoms with Crippen LogP contribution in [0.15, 0.2) is 60.0 Å². The Balaban J connectivity index is 1.97. The summed E-state index contributed by atoms with van der Waals surface area (Å²) in [5.74, 6) is -0.552. The third-order valence-electron chi connectivity index (χ3n) is 4.83. The molecule has 1 aromatic heterocycles. The highest BCUT2D eigenvalue weighted by Gasteiger charge is 2.33. The molecule has 3 aromatic rings. The predicted octanol–water partition coefficient (Wildman–Crippen LogP) is 4.68. The number of aromatic hydroxyl groups is 1. The lowest BCUT2D eigenvalue weighted by Gasteiger charge is -2.31. The van der Waals surface area contributed by atoms with Gasteiger partial charge in [-0.3, -0.25) is 10.1 Å². The number of urea groups is 1. The molecular weight excluding hydrogens is 418 g/mol. The van der Waals surface area contributed by atoms with Crippen LogP contribution < -0.4 is 15.4 Å². The number of phenols is 1. The fraction of sp³-hybridized carbons (Fsp3) is 0.136. The lowest BCUT2D eigenvalue weighted by atomic mass is 9.89. The molecule has 3 N–H and O–H groups in total. The Hall–Kier alpha value is -3.85. The van der Waals surface area contributed by atoms with Crippen LogP contribution in [0.4, 0.5) is 10.5 Å². The van der Waals surface area contributed by atoms with Gasteiger partial charge in [-0.05, 0) is 35.6 Å². The zero-order valence-electron chi connectivity index (χ0n) is 16.5. The van der Waals surface area contributed by atoms with E-state index in [1.54, 1.807) is 6.92 Å². The molecule has 2 amide bonds. The van der Waals surface area contributed by atoms with E-state index in [1.165, 1.54) is 23.5 Å². The summed E-state index contributed by atoms with van der Waals surface area (Å²) in [5, 5.41) is 29.5. The van der Waals surface area contributed by atoms with Gasteiger partial charge in [0.25, 0.3) is 0 Å². The molecule has 0 saturated carbocycles. The van der Waals surface area contributed by atoms with E-state index < -0.39 is 28.4 Å². The summed E-state index contributed by atoms with van der Waals surface area (Å²) in [5.41, 5.74) is 2.17. The van der Waals surface area contributed by atoms with Crippen molar-refractivity contribution in [1.29, 1.82) is 0 Å². The fourth-order valence-electron chi connectivity index (χ4n) is 3.54. The van der Waals surface area contributed by atoms with E-state index in [0.29, 0.717) is 11.3 Å². The molecule has 0 spiro atoms. The highest BCUT2D eigenvalue weighted by Crippen LogP contribution is 2.44. The van der Waals surface area contributed by atoms with Gasteiger partial charge in [0.15, 0.2) is 5.75 Å². The zero-order valence-corrected chi connectivity index (χ0v) is 17.3. The number of hydrogen-bond acceptors (Lipinski definition) is 6. The molecule has 1 atom stereocenters. The van der Waals surface area contributed by atoms with Gasteiger partial charge in [0.1, 0.15) is 0 Å². The van der Waals surface area contributed by atoms with Crippen molar-refractivity contribution < 1.29 is 19.6 Å².